The molecule has 0 bridgehead atoms. The standard InChI is InChI=1S/C23H18N4O2/c1-29-18-6-2-14(3-7-18)22-26-20-9-5-17(13-21(20)27-22)25-23(28)16-4-8-19-15(12-16)10-11-24-19/h2-13,24H,1H3,(H,25,28)(H,26,27). The minimum absolute atomic E-state index is 0.151. The Morgan fingerprint density at radius 3 is 2.66 bits per heavy atom. The minimum Gasteiger partial charge on any atom is -0.497 e. The number of aromatic nitrogens is 3. The Kier molecular flexibility index (Phi) is 4.02. The minimum atomic E-state index is -0.151. The summed E-state index contributed by atoms with van der Waals surface area (Å²) in [6.45, 7) is 0. The number of amides is 1. The zero-order valence-electron chi connectivity index (χ0n) is 15.7. The summed E-state index contributed by atoms with van der Waals surface area (Å²) in [5.74, 6) is 1.42. The van der Waals surface area contributed by atoms with E-state index in [1.54, 1.807) is 7.11 Å². The van der Waals surface area contributed by atoms with Crippen molar-refractivity contribution < 1.29 is 9.53 Å². The van der Waals surface area contributed by atoms with Gasteiger partial charge >= 0.3 is 0 Å². The Hall–Kier alpha value is -4.06. The van der Waals surface area contributed by atoms with Crippen molar-refractivity contribution in [3.8, 4) is 17.1 Å². The van der Waals surface area contributed by atoms with Gasteiger partial charge in [-0.25, -0.2) is 4.98 Å². The van der Waals surface area contributed by atoms with Crippen LogP contribution in [-0.4, -0.2) is 28.0 Å². The van der Waals surface area contributed by atoms with Crippen molar-refractivity contribution in [2.75, 3.05) is 12.4 Å². The van der Waals surface area contributed by atoms with Gasteiger partial charge in [0.2, 0.25) is 0 Å². The van der Waals surface area contributed by atoms with Crippen molar-refractivity contribution in [1.29, 1.82) is 0 Å². The molecule has 0 unspecified atom stereocenters. The van der Waals surface area contributed by atoms with Crippen molar-refractivity contribution >= 4 is 33.5 Å². The normalized spacial score (nSPS) is 11.1. The van der Waals surface area contributed by atoms with Crippen LogP contribution in [-0.2, 0) is 0 Å². The van der Waals surface area contributed by atoms with E-state index in [-0.39, 0.29) is 5.91 Å². The van der Waals surface area contributed by atoms with Crippen molar-refractivity contribution in [2.45, 2.75) is 0 Å². The molecule has 6 nitrogen and oxygen atoms in total. The molecule has 2 heterocycles. The summed E-state index contributed by atoms with van der Waals surface area (Å²) in [7, 11) is 1.64. The number of benzene rings is 3. The summed E-state index contributed by atoms with van der Waals surface area (Å²) in [5, 5.41) is 3.96. The van der Waals surface area contributed by atoms with Gasteiger partial charge in [0.05, 0.1) is 18.1 Å². The summed E-state index contributed by atoms with van der Waals surface area (Å²) in [4.78, 5) is 23.7. The number of imidazole rings is 1. The van der Waals surface area contributed by atoms with Crippen molar-refractivity contribution in [3.05, 3.63) is 78.5 Å². The molecule has 5 aromatic rings. The van der Waals surface area contributed by atoms with Crippen molar-refractivity contribution in [3.63, 3.8) is 0 Å². The van der Waals surface area contributed by atoms with E-state index in [4.69, 9.17) is 4.74 Å². The van der Waals surface area contributed by atoms with E-state index < -0.39 is 0 Å². The number of methoxy groups -OCH3 is 1. The van der Waals surface area contributed by atoms with Crippen LogP contribution in [0.3, 0.4) is 0 Å². The van der Waals surface area contributed by atoms with Gasteiger partial charge in [-0.2, -0.15) is 0 Å². The Morgan fingerprint density at radius 2 is 1.83 bits per heavy atom. The van der Waals surface area contributed by atoms with Gasteiger partial charge in [-0.05, 0) is 66.7 Å². The molecule has 0 aliphatic carbocycles. The quantitative estimate of drug-likeness (QED) is 0.410. The maximum Gasteiger partial charge on any atom is 0.255 e. The van der Waals surface area contributed by atoms with E-state index in [1.165, 1.54) is 0 Å². The lowest BCUT2D eigenvalue weighted by Gasteiger charge is -2.05. The first kappa shape index (κ1) is 17.1. The second-order valence-corrected chi connectivity index (χ2v) is 6.78. The molecule has 0 atom stereocenters. The number of hydrogen-bond acceptors (Lipinski definition) is 3. The van der Waals surface area contributed by atoms with Crippen molar-refractivity contribution in [2.24, 2.45) is 0 Å². The maximum atomic E-state index is 12.6. The lowest BCUT2D eigenvalue weighted by molar-refractivity contribution is 0.102. The number of aromatic amines is 2. The average Bonchev–Trinajstić information content (AvgIpc) is 3.39. The molecule has 29 heavy (non-hydrogen) atoms. The van der Waals surface area contributed by atoms with Crippen molar-refractivity contribution in [1.82, 2.24) is 15.0 Å². The van der Waals surface area contributed by atoms with Gasteiger partial charge in [0, 0.05) is 33.9 Å². The van der Waals surface area contributed by atoms with E-state index in [0.29, 0.717) is 11.3 Å². The first-order valence-electron chi connectivity index (χ1n) is 9.22. The van der Waals surface area contributed by atoms with Crippen LogP contribution in [0, 0.1) is 0 Å². The van der Waals surface area contributed by atoms with Crippen LogP contribution in [0.4, 0.5) is 5.69 Å². The molecule has 0 aliphatic rings. The highest BCUT2D eigenvalue weighted by Crippen LogP contribution is 2.25. The van der Waals surface area contributed by atoms with Crippen LogP contribution >= 0.6 is 0 Å². The molecule has 0 saturated carbocycles. The van der Waals surface area contributed by atoms with E-state index in [1.807, 2.05) is 72.9 Å². The largest absolute Gasteiger partial charge is 0.497 e. The first-order valence-corrected chi connectivity index (χ1v) is 9.22. The SMILES string of the molecule is COc1ccc(-c2nc3ccc(NC(=O)c4ccc5[nH]ccc5c4)cc3[nH]2)cc1. The Balaban J connectivity index is 1.40. The molecule has 1 amide bonds. The number of fused-ring (bicyclic) bond motifs is 2. The number of carbonyl (C=O) groups excluding carboxylic acids is 1. The van der Waals surface area contributed by atoms with Gasteiger partial charge in [-0.15, -0.1) is 0 Å². The second kappa shape index (κ2) is 6.83. The smallest absolute Gasteiger partial charge is 0.255 e. The molecule has 0 aliphatic heterocycles. The molecule has 3 N–H and O–H groups in total. The monoisotopic (exact) mass is 382 g/mol. The Labute approximate surface area is 166 Å². The predicted molar refractivity (Wildman–Crippen MR) is 114 cm³/mol. The van der Waals surface area contributed by atoms with Gasteiger partial charge in [-0.3, -0.25) is 4.79 Å². The fourth-order valence-corrected chi connectivity index (χ4v) is 3.37. The van der Waals surface area contributed by atoms with Gasteiger partial charge in [0.15, 0.2) is 0 Å². The van der Waals surface area contributed by atoms with Crippen LogP contribution in [0.25, 0.3) is 33.3 Å². The van der Waals surface area contributed by atoms with Gasteiger partial charge in [0.1, 0.15) is 11.6 Å². The van der Waals surface area contributed by atoms with Gasteiger partial charge < -0.3 is 20.0 Å². The number of carbonyl (C=O) groups is 1. The highest BCUT2D eigenvalue weighted by atomic mass is 16.5. The third kappa shape index (κ3) is 3.21. The summed E-state index contributed by atoms with van der Waals surface area (Å²) in [5.41, 5.74) is 4.98. The summed E-state index contributed by atoms with van der Waals surface area (Å²) < 4.78 is 5.20. The third-order valence-corrected chi connectivity index (χ3v) is 4.92. The molecular formula is C23H18N4O2. The molecule has 0 fully saturated rings. The average molecular weight is 382 g/mol. The van der Waals surface area contributed by atoms with Gasteiger partial charge in [0.25, 0.3) is 5.91 Å². The van der Waals surface area contributed by atoms with Crippen LogP contribution in [0.2, 0.25) is 0 Å². The Morgan fingerprint density at radius 1 is 0.966 bits per heavy atom. The number of ether oxygens (including phenoxy) is 1. The molecule has 6 heteroatoms. The highest BCUT2D eigenvalue weighted by molar-refractivity contribution is 6.06. The molecule has 5 rings (SSSR count). The number of nitrogens with zero attached hydrogens (tertiary/aromatic N) is 1. The lowest BCUT2D eigenvalue weighted by Crippen LogP contribution is -2.11. The van der Waals surface area contributed by atoms with Crippen LogP contribution in [0.5, 0.6) is 5.75 Å². The summed E-state index contributed by atoms with van der Waals surface area (Å²) >= 11 is 0. The Bertz CT molecular complexity index is 1330. The molecule has 2 aromatic heterocycles. The predicted octanol–water partition coefficient (Wildman–Crippen LogP) is 4.97. The number of hydrogen-bond donors (Lipinski definition) is 3. The number of H-pyrrole nitrogens is 2. The number of nitrogens with one attached hydrogen (secondary N) is 3. The summed E-state index contributed by atoms with van der Waals surface area (Å²) in [6, 6.07) is 20.9. The topological polar surface area (TPSA) is 82.8 Å². The van der Waals surface area contributed by atoms with Crippen LogP contribution < -0.4 is 10.1 Å². The lowest BCUT2D eigenvalue weighted by atomic mass is 10.1. The van der Waals surface area contributed by atoms with E-state index in [0.717, 1.165) is 39.1 Å². The van der Waals surface area contributed by atoms with Gasteiger partial charge in [-0.1, -0.05) is 0 Å². The van der Waals surface area contributed by atoms with Crippen LogP contribution in [0.15, 0.2) is 72.9 Å². The zero-order valence-corrected chi connectivity index (χ0v) is 15.7. The molecular weight excluding hydrogens is 364 g/mol. The molecule has 3 aromatic carbocycles. The number of anilines is 1. The molecule has 0 saturated heterocycles. The molecule has 0 spiro atoms. The fraction of sp³-hybridized carbons (Fsp3) is 0.0435. The zero-order chi connectivity index (χ0) is 19.8. The third-order valence-electron chi connectivity index (χ3n) is 4.92. The van der Waals surface area contributed by atoms with Crippen LogP contribution in [0.1, 0.15) is 10.4 Å². The maximum absolute atomic E-state index is 12.6. The number of rotatable bonds is 4. The molecule has 0 radical (unpaired) electrons. The molecule has 142 valence electrons. The first-order chi connectivity index (χ1) is 14.2. The second-order valence-electron chi connectivity index (χ2n) is 6.78. The van der Waals surface area contributed by atoms with E-state index in [9.17, 15) is 4.79 Å². The fourth-order valence-electron chi connectivity index (χ4n) is 3.37. The van der Waals surface area contributed by atoms with E-state index >= 15 is 0 Å². The highest BCUT2D eigenvalue weighted by Gasteiger charge is 2.10. The van der Waals surface area contributed by atoms with E-state index in [2.05, 4.69) is 20.3 Å². The summed E-state index contributed by atoms with van der Waals surface area (Å²) in [6.07, 6.45) is 1.86.